The molecule has 20 heavy (non-hydrogen) atoms. The van der Waals surface area contributed by atoms with Gasteiger partial charge in [-0.05, 0) is 36.5 Å². The van der Waals surface area contributed by atoms with E-state index in [0.717, 1.165) is 11.2 Å². The van der Waals surface area contributed by atoms with Gasteiger partial charge in [-0.1, -0.05) is 51.9 Å². The molecule has 0 unspecified atom stereocenters. The highest BCUT2D eigenvalue weighted by molar-refractivity contribution is 8.01. The summed E-state index contributed by atoms with van der Waals surface area (Å²) in [5.41, 5.74) is 0. The molecule has 0 aliphatic heterocycles. The summed E-state index contributed by atoms with van der Waals surface area (Å²) in [5, 5.41) is 0. The monoisotopic (exact) mass is 310 g/mol. The van der Waals surface area contributed by atoms with Gasteiger partial charge in [0.2, 0.25) is 0 Å². The van der Waals surface area contributed by atoms with Gasteiger partial charge < -0.3 is 0 Å². The number of thioether (sulfide) groups is 1. The number of carbonyl (C=O) groups excluding carboxylic acids is 1. The minimum atomic E-state index is 0.826. The van der Waals surface area contributed by atoms with Crippen LogP contribution in [0.4, 0.5) is 0 Å². The maximum absolute atomic E-state index is 10.3. The molecule has 1 aromatic heterocycles. The van der Waals surface area contributed by atoms with Gasteiger partial charge in [-0.2, -0.15) is 0 Å². The van der Waals surface area contributed by atoms with E-state index in [4.69, 9.17) is 0 Å². The van der Waals surface area contributed by atoms with E-state index in [0.29, 0.717) is 0 Å². The Balaban J connectivity index is 1.99. The van der Waals surface area contributed by atoms with Gasteiger partial charge in [0.05, 0.1) is 4.21 Å². The molecule has 1 nitrogen and oxygen atoms in total. The third-order valence-electron chi connectivity index (χ3n) is 3.18. The summed E-state index contributed by atoms with van der Waals surface area (Å²) in [6.45, 7) is 2.27. The highest BCUT2D eigenvalue weighted by atomic mass is 32.2. The number of allylic oxidation sites excluding steroid dienone is 1. The Labute approximate surface area is 131 Å². The topological polar surface area (TPSA) is 17.1 Å². The van der Waals surface area contributed by atoms with Gasteiger partial charge in [0.15, 0.2) is 0 Å². The van der Waals surface area contributed by atoms with Crippen molar-refractivity contribution in [1.29, 1.82) is 0 Å². The van der Waals surface area contributed by atoms with Crippen molar-refractivity contribution in [3.05, 3.63) is 23.1 Å². The predicted octanol–water partition coefficient (Wildman–Crippen LogP) is 6.19. The van der Waals surface area contributed by atoms with Crippen LogP contribution in [0, 0.1) is 0 Å². The Bertz CT molecular complexity index is 382. The lowest BCUT2D eigenvalue weighted by atomic mass is 10.1. The SMILES string of the molecule is CCCCCCCCCCSc1ccc(/C=C/C=O)s1. The van der Waals surface area contributed by atoms with Crippen molar-refractivity contribution >= 4 is 35.5 Å². The summed E-state index contributed by atoms with van der Waals surface area (Å²) in [7, 11) is 0. The van der Waals surface area contributed by atoms with Gasteiger partial charge in [0.1, 0.15) is 6.29 Å². The summed E-state index contributed by atoms with van der Waals surface area (Å²) in [4.78, 5) is 11.4. The van der Waals surface area contributed by atoms with Crippen LogP contribution in [0.3, 0.4) is 0 Å². The van der Waals surface area contributed by atoms with E-state index >= 15 is 0 Å². The van der Waals surface area contributed by atoms with Crippen LogP contribution < -0.4 is 0 Å². The zero-order valence-corrected chi connectivity index (χ0v) is 14.1. The maximum atomic E-state index is 10.3. The van der Waals surface area contributed by atoms with E-state index in [2.05, 4.69) is 19.1 Å². The number of aldehydes is 1. The van der Waals surface area contributed by atoms with E-state index in [1.807, 2.05) is 17.8 Å². The highest BCUT2D eigenvalue weighted by Crippen LogP contribution is 2.28. The van der Waals surface area contributed by atoms with E-state index in [9.17, 15) is 4.79 Å². The summed E-state index contributed by atoms with van der Waals surface area (Å²) in [6, 6.07) is 4.24. The van der Waals surface area contributed by atoms with Crippen molar-refractivity contribution in [2.75, 3.05) is 5.75 Å². The third-order valence-corrected chi connectivity index (χ3v) is 5.55. The lowest BCUT2D eigenvalue weighted by Gasteiger charge is -2.01. The first-order valence-electron chi connectivity index (χ1n) is 7.71. The number of thiophene rings is 1. The van der Waals surface area contributed by atoms with Crippen molar-refractivity contribution in [1.82, 2.24) is 0 Å². The molecular weight excluding hydrogens is 284 g/mol. The number of carbonyl (C=O) groups is 1. The fourth-order valence-electron chi connectivity index (χ4n) is 2.04. The van der Waals surface area contributed by atoms with Gasteiger partial charge in [-0.15, -0.1) is 23.1 Å². The molecule has 0 aliphatic rings. The zero-order chi connectivity index (χ0) is 14.5. The second-order valence-corrected chi connectivity index (χ2v) is 7.49. The van der Waals surface area contributed by atoms with Crippen molar-refractivity contribution in [3.63, 3.8) is 0 Å². The molecule has 0 fully saturated rings. The summed E-state index contributed by atoms with van der Waals surface area (Å²) < 4.78 is 1.36. The molecule has 112 valence electrons. The standard InChI is InChI=1S/C17H26OS2/c1-2-3-4-5-6-7-8-9-15-19-17-13-12-16(20-17)11-10-14-18/h10-14H,2-9,15H2,1H3/b11-10+. The largest absolute Gasteiger partial charge is 0.299 e. The lowest BCUT2D eigenvalue weighted by molar-refractivity contribution is -0.104. The second kappa shape index (κ2) is 12.2. The summed E-state index contributed by atoms with van der Waals surface area (Å²) in [6.07, 6.45) is 15.3. The van der Waals surface area contributed by atoms with Crippen LogP contribution in [0.5, 0.6) is 0 Å². The van der Waals surface area contributed by atoms with Crippen molar-refractivity contribution in [3.8, 4) is 0 Å². The Morgan fingerprint density at radius 2 is 1.75 bits per heavy atom. The predicted molar refractivity (Wildman–Crippen MR) is 92.8 cm³/mol. The minimum absolute atomic E-state index is 0.826. The van der Waals surface area contributed by atoms with Gasteiger partial charge >= 0.3 is 0 Å². The van der Waals surface area contributed by atoms with Crippen LogP contribution in [0.2, 0.25) is 0 Å². The fraction of sp³-hybridized carbons (Fsp3) is 0.588. The summed E-state index contributed by atoms with van der Waals surface area (Å²) in [5.74, 6) is 1.21. The fourth-order valence-corrected chi connectivity index (χ4v) is 4.18. The Hall–Kier alpha value is -0.540. The molecule has 0 N–H and O–H groups in total. The third kappa shape index (κ3) is 8.60. The lowest BCUT2D eigenvalue weighted by Crippen LogP contribution is -1.82. The molecule has 0 bridgehead atoms. The van der Waals surface area contributed by atoms with Crippen molar-refractivity contribution < 1.29 is 4.79 Å². The normalized spacial score (nSPS) is 11.2. The summed E-state index contributed by atoms with van der Waals surface area (Å²) >= 11 is 3.71. The first-order valence-corrected chi connectivity index (χ1v) is 9.51. The first kappa shape index (κ1) is 17.5. The molecule has 3 heteroatoms. The molecule has 0 saturated carbocycles. The molecule has 0 atom stereocenters. The van der Waals surface area contributed by atoms with E-state index in [1.165, 1.54) is 61.3 Å². The van der Waals surface area contributed by atoms with Crippen LogP contribution in [0.1, 0.15) is 63.2 Å². The second-order valence-electron chi connectivity index (χ2n) is 4.98. The van der Waals surface area contributed by atoms with E-state index in [1.54, 1.807) is 17.4 Å². The molecule has 1 rings (SSSR count). The highest BCUT2D eigenvalue weighted by Gasteiger charge is 1.98. The van der Waals surface area contributed by atoms with Crippen LogP contribution in [-0.4, -0.2) is 12.0 Å². The van der Waals surface area contributed by atoms with Crippen molar-refractivity contribution in [2.24, 2.45) is 0 Å². The number of hydrogen-bond acceptors (Lipinski definition) is 3. The molecular formula is C17H26OS2. The molecule has 0 aliphatic carbocycles. The number of unbranched alkanes of at least 4 members (excludes halogenated alkanes) is 7. The number of hydrogen-bond donors (Lipinski definition) is 0. The molecule has 1 heterocycles. The van der Waals surface area contributed by atoms with Crippen LogP contribution in [0.15, 0.2) is 22.4 Å². The number of rotatable bonds is 12. The molecule has 1 aromatic rings. The van der Waals surface area contributed by atoms with Gasteiger partial charge in [-0.25, -0.2) is 0 Å². The quantitative estimate of drug-likeness (QED) is 0.198. The van der Waals surface area contributed by atoms with Crippen LogP contribution >= 0.6 is 23.1 Å². The molecule has 0 aromatic carbocycles. The van der Waals surface area contributed by atoms with Crippen LogP contribution in [-0.2, 0) is 4.79 Å². The smallest absolute Gasteiger partial charge is 0.142 e. The first-order chi connectivity index (χ1) is 9.86. The van der Waals surface area contributed by atoms with Crippen molar-refractivity contribution in [2.45, 2.75) is 62.5 Å². The van der Waals surface area contributed by atoms with E-state index in [-0.39, 0.29) is 0 Å². The molecule has 0 saturated heterocycles. The van der Waals surface area contributed by atoms with Gasteiger partial charge in [0, 0.05) is 4.88 Å². The minimum Gasteiger partial charge on any atom is -0.299 e. The van der Waals surface area contributed by atoms with E-state index < -0.39 is 0 Å². The Morgan fingerprint density at radius 3 is 2.45 bits per heavy atom. The molecule has 0 amide bonds. The average Bonchev–Trinajstić information content (AvgIpc) is 2.91. The Kier molecular flexibility index (Phi) is 10.7. The Morgan fingerprint density at radius 1 is 1.05 bits per heavy atom. The zero-order valence-electron chi connectivity index (χ0n) is 12.5. The average molecular weight is 311 g/mol. The van der Waals surface area contributed by atoms with Gasteiger partial charge in [-0.3, -0.25) is 4.79 Å². The molecule has 0 spiro atoms. The maximum Gasteiger partial charge on any atom is 0.142 e. The molecule has 0 radical (unpaired) electrons. The van der Waals surface area contributed by atoms with Crippen LogP contribution in [0.25, 0.3) is 6.08 Å². The van der Waals surface area contributed by atoms with Gasteiger partial charge in [0.25, 0.3) is 0 Å².